The average Bonchev–Trinajstić information content (AvgIpc) is 3.38. The number of hydrogen-bond acceptors (Lipinski definition) is 5. The lowest BCUT2D eigenvalue weighted by atomic mass is 9.87. The first kappa shape index (κ1) is 20.8. The van der Waals surface area contributed by atoms with E-state index in [4.69, 9.17) is 4.52 Å². The molecule has 1 fully saturated rings. The van der Waals surface area contributed by atoms with Crippen LogP contribution in [0.15, 0.2) is 57.9 Å². The molecule has 0 aliphatic carbocycles. The summed E-state index contributed by atoms with van der Waals surface area (Å²) in [5.41, 5.74) is 3.06. The first-order chi connectivity index (χ1) is 14.2. The quantitative estimate of drug-likeness (QED) is 0.596. The van der Waals surface area contributed by atoms with E-state index < -0.39 is 16.1 Å². The van der Waals surface area contributed by atoms with Crippen molar-refractivity contribution < 1.29 is 12.9 Å². The van der Waals surface area contributed by atoms with Crippen LogP contribution in [0.4, 0.5) is 0 Å². The first-order valence-electron chi connectivity index (χ1n) is 10.2. The van der Waals surface area contributed by atoms with E-state index in [-0.39, 0.29) is 5.41 Å². The van der Waals surface area contributed by atoms with Gasteiger partial charge in [0.2, 0.25) is 21.7 Å². The van der Waals surface area contributed by atoms with Gasteiger partial charge in [-0.2, -0.15) is 9.29 Å². The third-order valence-electron chi connectivity index (χ3n) is 5.57. The SMILES string of the molecule is Cc1ccc(-c2noc([C@H]3CCCN3S(=O)(=O)c3ccc(C(C)(C)C)cc3)n2)cc1. The molecule has 0 spiro atoms. The van der Waals surface area contributed by atoms with E-state index in [0.717, 1.165) is 23.1 Å². The molecule has 0 N–H and O–H groups in total. The second-order valence-electron chi connectivity index (χ2n) is 8.87. The molecule has 2 heterocycles. The maximum absolute atomic E-state index is 13.3. The van der Waals surface area contributed by atoms with Crippen molar-refractivity contribution in [1.82, 2.24) is 14.4 Å². The Labute approximate surface area is 178 Å². The van der Waals surface area contributed by atoms with Gasteiger partial charge in [-0.25, -0.2) is 8.42 Å². The zero-order valence-electron chi connectivity index (χ0n) is 17.8. The maximum atomic E-state index is 13.3. The van der Waals surface area contributed by atoms with E-state index >= 15 is 0 Å². The number of nitrogens with zero attached hydrogens (tertiary/aromatic N) is 3. The second-order valence-corrected chi connectivity index (χ2v) is 10.8. The van der Waals surface area contributed by atoms with Crippen LogP contribution in [0.3, 0.4) is 0 Å². The lowest BCUT2D eigenvalue weighted by molar-refractivity contribution is 0.290. The molecule has 0 bridgehead atoms. The zero-order valence-corrected chi connectivity index (χ0v) is 18.6. The molecule has 0 unspecified atom stereocenters. The lowest BCUT2D eigenvalue weighted by Gasteiger charge is -2.23. The highest BCUT2D eigenvalue weighted by atomic mass is 32.2. The summed E-state index contributed by atoms with van der Waals surface area (Å²) < 4.78 is 33.6. The summed E-state index contributed by atoms with van der Waals surface area (Å²) >= 11 is 0. The van der Waals surface area contributed by atoms with Crippen LogP contribution in [0.2, 0.25) is 0 Å². The minimum Gasteiger partial charge on any atom is -0.337 e. The Bertz CT molecular complexity index is 1130. The average molecular weight is 426 g/mol. The number of hydrogen-bond donors (Lipinski definition) is 0. The van der Waals surface area contributed by atoms with E-state index in [1.54, 1.807) is 12.1 Å². The van der Waals surface area contributed by atoms with Gasteiger partial charge in [-0.1, -0.05) is 67.9 Å². The van der Waals surface area contributed by atoms with Crippen molar-refractivity contribution in [2.24, 2.45) is 0 Å². The fraction of sp³-hybridized carbons (Fsp3) is 0.391. The number of rotatable bonds is 4. The van der Waals surface area contributed by atoms with E-state index in [2.05, 4.69) is 30.9 Å². The molecule has 7 heteroatoms. The lowest BCUT2D eigenvalue weighted by Crippen LogP contribution is -2.31. The Kier molecular flexibility index (Phi) is 5.28. The zero-order chi connectivity index (χ0) is 21.5. The molecule has 1 atom stereocenters. The van der Waals surface area contributed by atoms with Gasteiger partial charge in [0.1, 0.15) is 6.04 Å². The summed E-state index contributed by atoms with van der Waals surface area (Å²) in [6.07, 6.45) is 1.42. The minimum atomic E-state index is -3.65. The summed E-state index contributed by atoms with van der Waals surface area (Å²) in [6.45, 7) is 8.77. The fourth-order valence-electron chi connectivity index (χ4n) is 3.73. The number of sulfonamides is 1. The maximum Gasteiger partial charge on any atom is 0.245 e. The first-order valence-corrected chi connectivity index (χ1v) is 11.6. The fourth-order valence-corrected chi connectivity index (χ4v) is 5.38. The second kappa shape index (κ2) is 7.63. The van der Waals surface area contributed by atoms with Gasteiger partial charge in [-0.3, -0.25) is 0 Å². The molecule has 0 amide bonds. The molecule has 0 saturated carbocycles. The third-order valence-corrected chi connectivity index (χ3v) is 7.49. The summed E-state index contributed by atoms with van der Waals surface area (Å²) in [7, 11) is -3.65. The Hall–Kier alpha value is -2.51. The highest BCUT2D eigenvalue weighted by molar-refractivity contribution is 7.89. The molecule has 1 aliphatic rings. The van der Waals surface area contributed by atoms with Gasteiger partial charge < -0.3 is 4.52 Å². The monoisotopic (exact) mass is 425 g/mol. The van der Waals surface area contributed by atoms with Gasteiger partial charge in [0, 0.05) is 12.1 Å². The van der Waals surface area contributed by atoms with Gasteiger partial charge in [0.15, 0.2) is 0 Å². The Morgan fingerprint density at radius 3 is 2.33 bits per heavy atom. The Balaban J connectivity index is 1.61. The van der Waals surface area contributed by atoms with Crippen molar-refractivity contribution in [2.45, 2.75) is 56.9 Å². The predicted molar refractivity (Wildman–Crippen MR) is 115 cm³/mol. The molecule has 30 heavy (non-hydrogen) atoms. The molecule has 158 valence electrons. The van der Waals surface area contributed by atoms with Crippen LogP contribution in [0.1, 0.15) is 56.7 Å². The third kappa shape index (κ3) is 3.91. The van der Waals surface area contributed by atoms with Crippen LogP contribution in [0, 0.1) is 6.92 Å². The highest BCUT2D eigenvalue weighted by Gasteiger charge is 2.39. The van der Waals surface area contributed by atoms with E-state index in [0.29, 0.717) is 29.6 Å². The molecule has 1 aliphatic heterocycles. The van der Waals surface area contributed by atoms with Gasteiger partial charge in [0.05, 0.1) is 4.90 Å². The summed E-state index contributed by atoms with van der Waals surface area (Å²) in [5, 5.41) is 4.08. The van der Waals surface area contributed by atoms with Crippen molar-refractivity contribution >= 4 is 10.0 Å². The van der Waals surface area contributed by atoms with Gasteiger partial charge in [-0.05, 0) is 42.9 Å². The van der Waals surface area contributed by atoms with E-state index in [1.165, 1.54) is 4.31 Å². The molecule has 6 nitrogen and oxygen atoms in total. The molecular formula is C23H27N3O3S. The van der Waals surface area contributed by atoms with Gasteiger partial charge >= 0.3 is 0 Å². The van der Waals surface area contributed by atoms with Crippen molar-refractivity contribution in [3.05, 3.63) is 65.5 Å². The molecule has 0 radical (unpaired) electrons. The molecule has 3 aromatic rings. The van der Waals surface area contributed by atoms with Crippen molar-refractivity contribution in [3.63, 3.8) is 0 Å². The van der Waals surface area contributed by atoms with Crippen LogP contribution in [-0.2, 0) is 15.4 Å². The van der Waals surface area contributed by atoms with Gasteiger partial charge in [0.25, 0.3) is 0 Å². The topological polar surface area (TPSA) is 76.3 Å². The van der Waals surface area contributed by atoms with E-state index in [9.17, 15) is 8.42 Å². The number of benzene rings is 2. The standard InChI is InChI=1S/C23H27N3O3S/c1-16-7-9-17(10-8-16)21-24-22(29-25-21)20-6-5-15-26(20)30(27,28)19-13-11-18(12-14-19)23(2,3)4/h7-14,20H,5-6,15H2,1-4H3/t20-/m1/s1. The van der Waals surface area contributed by atoms with Crippen LogP contribution in [-0.4, -0.2) is 29.4 Å². The largest absolute Gasteiger partial charge is 0.337 e. The van der Waals surface area contributed by atoms with Crippen LogP contribution >= 0.6 is 0 Å². The highest BCUT2D eigenvalue weighted by Crippen LogP contribution is 2.37. The number of aryl methyl sites for hydroxylation is 1. The van der Waals surface area contributed by atoms with Crippen LogP contribution in [0.25, 0.3) is 11.4 Å². The molecule has 1 aromatic heterocycles. The summed E-state index contributed by atoms with van der Waals surface area (Å²) in [6, 6.07) is 14.6. The molecule has 2 aromatic carbocycles. The normalized spacial score (nSPS) is 18.1. The van der Waals surface area contributed by atoms with Crippen molar-refractivity contribution in [3.8, 4) is 11.4 Å². The van der Waals surface area contributed by atoms with Crippen molar-refractivity contribution in [2.75, 3.05) is 6.54 Å². The van der Waals surface area contributed by atoms with Crippen molar-refractivity contribution in [1.29, 1.82) is 0 Å². The Morgan fingerprint density at radius 2 is 1.70 bits per heavy atom. The molecule has 1 saturated heterocycles. The summed E-state index contributed by atoms with van der Waals surface area (Å²) in [5.74, 6) is 0.821. The minimum absolute atomic E-state index is 0.0331. The summed E-state index contributed by atoms with van der Waals surface area (Å²) in [4.78, 5) is 4.80. The molecule has 4 rings (SSSR count). The van der Waals surface area contributed by atoms with Crippen LogP contribution < -0.4 is 0 Å². The number of aromatic nitrogens is 2. The van der Waals surface area contributed by atoms with Crippen LogP contribution in [0.5, 0.6) is 0 Å². The Morgan fingerprint density at radius 1 is 1.03 bits per heavy atom. The predicted octanol–water partition coefficient (Wildman–Crippen LogP) is 4.87. The molecular weight excluding hydrogens is 398 g/mol. The smallest absolute Gasteiger partial charge is 0.245 e. The van der Waals surface area contributed by atoms with E-state index in [1.807, 2.05) is 43.3 Å². The van der Waals surface area contributed by atoms with Gasteiger partial charge in [-0.15, -0.1) is 0 Å².